The number of hydrogen-bond donors (Lipinski definition) is 0. The van der Waals surface area contributed by atoms with Crippen LogP contribution in [0, 0.1) is 5.82 Å². The van der Waals surface area contributed by atoms with Gasteiger partial charge in [0.2, 0.25) is 0 Å². The molecule has 1 heterocycles. The fraction of sp³-hybridized carbons (Fsp3) is 0.250. The molecule has 0 spiro atoms. The Bertz CT molecular complexity index is 745. The summed E-state index contributed by atoms with van der Waals surface area (Å²) in [6, 6.07) is 6.53. The Balaban J connectivity index is 2.77. The van der Waals surface area contributed by atoms with Gasteiger partial charge in [-0.3, -0.25) is 4.79 Å². The Hall–Kier alpha value is -2.00. The average molecular weight is 328 g/mol. The van der Waals surface area contributed by atoms with Gasteiger partial charge in [-0.1, -0.05) is 31.6 Å². The monoisotopic (exact) mass is 328 g/mol. The normalized spacial score (nSPS) is 11.2. The molecule has 0 atom stereocenters. The van der Waals surface area contributed by atoms with E-state index in [-0.39, 0.29) is 5.82 Å². The maximum atomic E-state index is 13.3. The molecule has 0 aliphatic rings. The van der Waals surface area contributed by atoms with Crippen molar-refractivity contribution in [1.82, 2.24) is 0 Å². The van der Waals surface area contributed by atoms with Gasteiger partial charge < -0.3 is 0 Å². The first kappa shape index (κ1) is 17.4. The van der Waals surface area contributed by atoms with Crippen molar-refractivity contribution >= 4 is 29.8 Å². The summed E-state index contributed by atoms with van der Waals surface area (Å²) in [6.07, 6.45) is 6.32. The molecule has 0 saturated heterocycles. The highest BCUT2D eigenvalue weighted by Crippen LogP contribution is 2.42. The number of carbonyl (C=O) groups excluding carboxylic acids is 1. The lowest BCUT2D eigenvalue weighted by Gasteiger charge is -2.07. The van der Waals surface area contributed by atoms with Crippen molar-refractivity contribution in [3.63, 3.8) is 0 Å². The van der Waals surface area contributed by atoms with Crippen molar-refractivity contribution in [3.8, 4) is 11.1 Å². The molecule has 0 aliphatic carbocycles. The number of allylic oxidation sites excluding steroid dienone is 2. The third-order valence-corrected chi connectivity index (χ3v) is 4.87. The molecule has 0 N–H and O–H groups in total. The summed E-state index contributed by atoms with van der Waals surface area (Å²) >= 11 is 1.73. The zero-order valence-corrected chi connectivity index (χ0v) is 14.7. The second kappa shape index (κ2) is 7.51. The highest BCUT2D eigenvalue weighted by molar-refractivity contribution is 7.13. The van der Waals surface area contributed by atoms with Gasteiger partial charge in [0.15, 0.2) is 0 Å². The Morgan fingerprint density at radius 3 is 2.35 bits per heavy atom. The number of benzene rings is 1. The van der Waals surface area contributed by atoms with Crippen LogP contribution in [0.15, 0.2) is 35.9 Å². The first-order chi connectivity index (χ1) is 10.9. The van der Waals surface area contributed by atoms with Crippen LogP contribution in [0.3, 0.4) is 0 Å². The maximum absolute atomic E-state index is 13.3. The van der Waals surface area contributed by atoms with Crippen molar-refractivity contribution in [2.75, 3.05) is 0 Å². The lowest BCUT2D eigenvalue weighted by atomic mass is 9.96. The van der Waals surface area contributed by atoms with Crippen LogP contribution in [0.5, 0.6) is 0 Å². The van der Waals surface area contributed by atoms with E-state index < -0.39 is 0 Å². The van der Waals surface area contributed by atoms with E-state index in [1.165, 1.54) is 28.7 Å². The van der Waals surface area contributed by atoms with Crippen LogP contribution in [-0.2, 0) is 4.79 Å². The van der Waals surface area contributed by atoms with Crippen LogP contribution >= 0.6 is 11.3 Å². The first-order valence-corrected chi connectivity index (χ1v) is 8.45. The first-order valence-electron chi connectivity index (χ1n) is 7.63. The van der Waals surface area contributed by atoms with E-state index in [2.05, 4.69) is 33.8 Å². The zero-order valence-electron chi connectivity index (χ0n) is 13.9. The lowest BCUT2D eigenvalue weighted by Crippen LogP contribution is -1.88. The van der Waals surface area contributed by atoms with Crippen LogP contribution in [0.25, 0.3) is 23.3 Å². The molecule has 0 radical (unpaired) electrons. The summed E-state index contributed by atoms with van der Waals surface area (Å²) < 4.78 is 13.3. The molecule has 2 aromatic rings. The van der Waals surface area contributed by atoms with Gasteiger partial charge in [-0.05, 0) is 61.3 Å². The minimum Gasteiger partial charge on any atom is -0.299 e. The number of thiophene rings is 1. The fourth-order valence-corrected chi connectivity index (χ4v) is 3.87. The molecule has 3 heteroatoms. The second-order valence-electron chi connectivity index (χ2n) is 6.00. The van der Waals surface area contributed by atoms with Crippen molar-refractivity contribution in [3.05, 3.63) is 57.0 Å². The van der Waals surface area contributed by atoms with Gasteiger partial charge in [-0.15, -0.1) is 11.3 Å². The van der Waals surface area contributed by atoms with Crippen molar-refractivity contribution < 1.29 is 9.18 Å². The minimum absolute atomic E-state index is 0.248. The molecule has 0 amide bonds. The summed E-state index contributed by atoms with van der Waals surface area (Å²) in [5, 5.41) is 0. The summed E-state index contributed by atoms with van der Waals surface area (Å²) in [5.74, 6) is 0.103. The highest BCUT2D eigenvalue weighted by atomic mass is 32.1. The lowest BCUT2D eigenvalue weighted by molar-refractivity contribution is -0.104. The van der Waals surface area contributed by atoms with Crippen LogP contribution in [0.1, 0.15) is 48.9 Å². The molecule has 1 aromatic carbocycles. The largest absolute Gasteiger partial charge is 0.299 e. The number of carbonyl (C=O) groups is 1. The Morgan fingerprint density at radius 2 is 1.83 bits per heavy atom. The predicted molar refractivity (Wildman–Crippen MR) is 98.2 cm³/mol. The standard InChI is InChI=1S/C20H21FOS/c1-13(2)12-18-19(15-7-9-16(21)10-8-15)17(6-5-11-22)20(23-18)14(3)4/h5-12,14H,1-4H3/b6-5+. The molecule has 1 nitrogen and oxygen atoms in total. The molecule has 0 unspecified atom stereocenters. The van der Waals surface area contributed by atoms with Crippen molar-refractivity contribution in [1.29, 1.82) is 0 Å². The number of halogens is 1. The van der Waals surface area contributed by atoms with E-state index in [1.54, 1.807) is 23.5 Å². The predicted octanol–water partition coefficient (Wildman–Crippen LogP) is 6.31. The van der Waals surface area contributed by atoms with E-state index in [4.69, 9.17) is 0 Å². The van der Waals surface area contributed by atoms with Gasteiger partial charge in [-0.2, -0.15) is 0 Å². The van der Waals surface area contributed by atoms with Gasteiger partial charge in [0.1, 0.15) is 12.1 Å². The van der Waals surface area contributed by atoms with E-state index in [0.29, 0.717) is 5.92 Å². The molecule has 0 saturated carbocycles. The average Bonchev–Trinajstić information content (AvgIpc) is 2.84. The number of aldehydes is 1. The molecule has 2 rings (SSSR count). The smallest absolute Gasteiger partial charge is 0.142 e. The fourth-order valence-electron chi connectivity index (χ4n) is 2.49. The van der Waals surface area contributed by atoms with Crippen molar-refractivity contribution in [2.45, 2.75) is 33.6 Å². The van der Waals surface area contributed by atoms with E-state index >= 15 is 0 Å². The zero-order chi connectivity index (χ0) is 17.0. The molecule has 23 heavy (non-hydrogen) atoms. The molecular weight excluding hydrogens is 307 g/mol. The van der Waals surface area contributed by atoms with Gasteiger partial charge in [-0.25, -0.2) is 4.39 Å². The van der Waals surface area contributed by atoms with Gasteiger partial charge in [0, 0.05) is 15.3 Å². The molecule has 1 aromatic heterocycles. The van der Waals surface area contributed by atoms with Crippen LogP contribution in [0.4, 0.5) is 4.39 Å². The van der Waals surface area contributed by atoms with E-state index in [9.17, 15) is 9.18 Å². The van der Waals surface area contributed by atoms with Gasteiger partial charge in [0.05, 0.1) is 0 Å². The summed E-state index contributed by atoms with van der Waals surface area (Å²) in [4.78, 5) is 13.2. The molecule has 0 bridgehead atoms. The van der Waals surface area contributed by atoms with Crippen LogP contribution in [-0.4, -0.2) is 6.29 Å². The SMILES string of the molecule is CC(C)=Cc1sc(C(C)C)c(/C=C/C=O)c1-c1ccc(F)cc1. The van der Waals surface area contributed by atoms with E-state index in [0.717, 1.165) is 27.9 Å². The molecule has 0 aliphatic heterocycles. The van der Waals surface area contributed by atoms with Gasteiger partial charge >= 0.3 is 0 Å². The Kier molecular flexibility index (Phi) is 5.67. The molecular formula is C20H21FOS. The highest BCUT2D eigenvalue weighted by Gasteiger charge is 2.18. The van der Waals surface area contributed by atoms with Crippen LogP contribution < -0.4 is 0 Å². The molecule has 0 fully saturated rings. The Labute approximate surface area is 141 Å². The summed E-state index contributed by atoms with van der Waals surface area (Å²) in [5.41, 5.74) is 4.29. The van der Waals surface area contributed by atoms with E-state index in [1.807, 2.05) is 6.08 Å². The van der Waals surface area contributed by atoms with Crippen molar-refractivity contribution in [2.24, 2.45) is 0 Å². The quantitative estimate of drug-likeness (QED) is 0.464. The summed E-state index contributed by atoms with van der Waals surface area (Å²) in [7, 11) is 0. The summed E-state index contributed by atoms with van der Waals surface area (Å²) in [6.45, 7) is 8.41. The Morgan fingerprint density at radius 1 is 1.17 bits per heavy atom. The minimum atomic E-state index is -0.248. The van der Waals surface area contributed by atoms with Crippen LogP contribution in [0.2, 0.25) is 0 Å². The molecule has 120 valence electrons. The second-order valence-corrected chi connectivity index (χ2v) is 7.08. The maximum Gasteiger partial charge on any atom is 0.142 e. The topological polar surface area (TPSA) is 17.1 Å². The number of rotatable bonds is 5. The third kappa shape index (κ3) is 4.05. The van der Waals surface area contributed by atoms with Gasteiger partial charge in [0.25, 0.3) is 0 Å². The number of hydrogen-bond acceptors (Lipinski definition) is 2. The third-order valence-electron chi connectivity index (χ3n) is 3.42.